The lowest BCUT2D eigenvalue weighted by Gasteiger charge is -2.43. The summed E-state index contributed by atoms with van der Waals surface area (Å²) in [5.74, 6) is 0.584. The highest BCUT2D eigenvalue weighted by atomic mass is 15.2. The first-order valence-electron chi connectivity index (χ1n) is 9.23. The van der Waals surface area contributed by atoms with Crippen LogP contribution in [-0.2, 0) is 0 Å². The molecule has 2 N–H and O–H groups in total. The van der Waals surface area contributed by atoms with Gasteiger partial charge in [0, 0.05) is 11.6 Å². The van der Waals surface area contributed by atoms with Crippen LogP contribution >= 0.6 is 0 Å². The molecule has 0 aromatic heterocycles. The van der Waals surface area contributed by atoms with Gasteiger partial charge in [0.2, 0.25) is 0 Å². The van der Waals surface area contributed by atoms with Crippen molar-refractivity contribution in [3.05, 3.63) is 0 Å². The van der Waals surface area contributed by atoms with Crippen LogP contribution in [0, 0.1) is 17.2 Å². The second kappa shape index (κ2) is 8.46. The van der Waals surface area contributed by atoms with Crippen molar-refractivity contribution in [1.29, 1.82) is 5.26 Å². The minimum absolute atomic E-state index is 0.125. The highest BCUT2D eigenvalue weighted by molar-refractivity contribution is 5.09. The fraction of sp³-hybridized carbons (Fsp3) is 0.947. The third kappa shape index (κ3) is 4.47. The van der Waals surface area contributed by atoms with E-state index in [1.165, 1.54) is 38.5 Å². The third-order valence-corrected chi connectivity index (χ3v) is 6.19. The van der Waals surface area contributed by atoms with E-state index in [4.69, 9.17) is 11.0 Å². The lowest BCUT2D eigenvalue weighted by atomic mass is 9.81. The lowest BCUT2D eigenvalue weighted by Crippen LogP contribution is -2.57. The van der Waals surface area contributed by atoms with Crippen LogP contribution in [0.2, 0.25) is 0 Å². The van der Waals surface area contributed by atoms with Crippen molar-refractivity contribution in [3.63, 3.8) is 0 Å². The minimum Gasteiger partial charge on any atom is -0.326 e. The molecule has 0 heterocycles. The summed E-state index contributed by atoms with van der Waals surface area (Å²) in [5, 5.41) is 8.90. The molecule has 2 rings (SSSR count). The first-order valence-corrected chi connectivity index (χ1v) is 9.23. The van der Waals surface area contributed by atoms with Gasteiger partial charge in [-0.1, -0.05) is 39.5 Å². The summed E-state index contributed by atoms with van der Waals surface area (Å²) in [6.07, 6.45) is 9.78. The second-order valence-corrected chi connectivity index (χ2v) is 8.22. The average molecular weight is 323 g/mol. The Morgan fingerprint density at radius 3 is 1.57 bits per heavy atom. The Morgan fingerprint density at radius 2 is 1.30 bits per heavy atom. The second-order valence-electron chi connectivity index (χ2n) is 8.22. The van der Waals surface area contributed by atoms with Crippen molar-refractivity contribution in [2.45, 2.75) is 82.3 Å². The van der Waals surface area contributed by atoms with Crippen molar-refractivity contribution >= 4 is 0 Å². The smallest absolute Gasteiger partial charge is 0.108 e. The molecule has 0 spiro atoms. The Bertz CT molecular complexity index is 383. The van der Waals surface area contributed by atoms with E-state index in [1.54, 1.807) is 0 Å². The van der Waals surface area contributed by atoms with Crippen LogP contribution in [0.5, 0.6) is 0 Å². The Balaban J connectivity index is 0.000000238. The number of likely N-dealkylation sites (N-methyl/N-ethyl adjacent to an activating group) is 1. The average Bonchev–Trinajstić information content (AvgIpc) is 3.17. The molecule has 0 aromatic carbocycles. The zero-order valence-electron chi connectivity index (χ0n) is 16.2. The van der Waals surface area contributed by atoms with Crippen LogP contribution in [0.15, 0.2) is 0 Å². The maximum Gasteiger partial charge on any atom is 0.108 e. The van der Waals surface area contributed by atoms with E-state index in [9.17, 15) is 0 Å². The van der Waals surface area contributed by atoms with Crippen LogP contribution < -0.4 is 5.73 Å². The van der Waals surface area contributed by atoms with Crippen LogP contribution in [-0.4, -0.2) is 55.1 Å². The molecule has 0 aliphatic heterocycles. The van der Waals surface area contributed by atoms with E-state index in [-0.39, 0.29) is 11.1 Å². The summed E-state index contributed by atoms with van der Waals surface area (Å²) in [4.78, 5) is 4.41. The molecule has 1 atom stereocenters. The third-order valence-electron chi connectivity index (χ3n) is 6.19. The van der Waals surface area contributed by atoms with E-state index < -0.39 is 0 Å². The zero-order valence-corrected chi connectivity index (χ0v) is 16.2. The van der Waals surface area contributed by atoms with Gasteiger partial charge < -0.3 is 10.6 Å². The largest absolute Gasteiger partial charge is 0.326 e. The maximum atomic E-state index is 8.90. The molecule has 4 heteroatoms. The molecule has 0 saturated heterocycles. The van der Waals surface area contributed by atoms with Crippen molar-refractivity contribution in [1.82, 2.24) is 9.80 Å². The van der Waals surface area contributed by atoms with E-state index in [0.29, 0.717) is 12.0 Å². The summed E-state index contributed by atoms with van der Waals surface area (Å²) < 4.78 is 0. The van der Waals surface area contributed by atoms with E-state index in [2.05, 4.69) is 43.8 Å². The van der Waals surface area contributed by atoms with Crippen molar-refractivity contribution < 1.29 is 0 Å². The van der Waals surface area contributed by atoms with Gasteiger partial charge in [-0.3, -0.25) is 4.90 Å². The number of nitrogens with two attached hydrogens (primary N) is 1. The predicted octanol–water partition coefficient (Wildman–Crippen LogP) is 3.23. The van der Waals surface area contributed by atoms with Crippen LogP contribution in [0.25, 0.3) is 0 Å². The number of rotatable bonds is 4. The van der Waals surface area contributed by atoms with Gasteiger partial charge in [-0.15, -0.1) is 0 Å². The van der Waals surface area contributed by atoms with Gasteiger partial charge in [0.1, 0.15) is 5.54 Å². The highest BCUT2D eigenvalue weighted by Crippen LogP contribution is 2.38. The monoisotopic (exact) mass is 322 g/mol. The van der Waals surface area contributed by atoms with E-state index in [0.717, 1.165) is 12.8 Å². The normalized spacial score (nSPS) is 23.7. The van der Waals surface area contributed by atoms with Crippen LogP contribution in [0.4, 0.5) is 0 Å². The molecule has 134 valence electrons. The van der Waals surface area contributed by atoms with Gasteiger partial charge in [-0.2, -0.15) is 5.26 Å². The highest BCUT2D eigenvalue weighted by Gasteiger charge is 2.42. The fourth-order valence-corrected chi connectivity index (χ4v) is 4.31. The first-order chi connectivity index (χ1) is 10.7. The van der Waals surface area contributed by atoms with Crippen LogP contribution in [0.1, 0.15) is 65.2 Å². The van der Waals surface area contributed by atoms with E-state index in [1.807, 2.05) is 14.1 Å². The topological polar surface area (TPSA) is 56.3 Å². The maximum absolute atomic E-state index is 8.90. The Labute approximate surface area is 144 Å². The minimum atomic E-state index is -0.125. The van der Waals surface area contributed by atoms with Gasteiger partial charge in [0.05, 0.1) is 6.07 Å². The Kier molecular flexibility index (Phi) is 7.51. The predicted molar refractivity (Wildman–Crippen MR) is 98.2 cm³/mol. The summed E-state index contributed by atoms with van der Waals surface area (Å²) in [5.41, 5.74) is 6.48. The SMILES string of the molecule is CC(C)C(N)C1(N(C)C)CCCC1.CN(C)C1(C#N)CCCC1. The fourth-order valence-electron chi connectivity index (χ4n) is 4.31. The van der Waals surface area contributed by atoms with Gasteiger partial charge >= 0.3 is 0 Å². The molecule has 2 saturated carbocycles. The van der Waals surface area contributed by atoms with Crippen LogP contribution in [0.3, 0.4) is 0 Å². The summed E-state index contributed by atoms with van der Waals surface area (Å²) >= 11 is 0. The molecular formula is C19H38N4. The lowest BCUT2D eigenvalue weighted by molar-refractivity contribution is 0.102. The van der Waals surface area contributed by atoms with Gasteiger partial charge in [0.25, 0.3) is 0 Å². The molecule has 0 radical (unpaired) electrons. The number of nitriles is 1. The first kappa shape index (κ1) is 20.4. The number of hydrogen-bond donors (Lipinski definition) is 1. The Hall–Kier alpha value is -0.630. The van der Waals surface area contributed by atoms with Crippen molar-refractivity contribution in [3.8, 4) is 6.07 Å². The van der Waals surface area contributed by atoms with Gasteiger partial charge in [-0.25, -0.2) is 0 Å². The van der Waals surface area contributed by atoms with Crippen molar-refractivity contribution in [2.24, 2.45) is 11.7 Å². The quantitative estimate of drug-likeness (QED) is 0.863. The molecule has 2 aliphatic carbocycles. The molecule has 0 amide bonds. The van der Waals surface area contributed by atoms with Gasteiger partial charge in [-0.05, 0) is 59.8 Å². The molecule has 4 nitrogen and oxygen atoms in total. The molecule has 0 bridgehead atoms. The molecule has 1 unspecified atom stereocenters. The molecular weight excluding hydrogens is 284 g/mol. The summed E-state index contributed by atoms with van der Waals surface area (Å²) in [6.45, 7) is 4.46. The zero-order chi connectivity index (χ0) is 17.7. The molecule has 2 fully saturated rings. The summed E-state index contributed by atoms with van der Waals surface area (Å²) in [6, 6.07) is 2.73. The molecule has 23 heavy (non-hydrogen) atoms. The standard InChI is InChI=1S/C11H24N2.C8H14N2/c1-9(2)10(12)11(13(3)4)7-5-6-8-11;1-10(2)8(7-9)5-3-4-6-8/h9-10H,5-8,12H2,1-4H3;3-6H2,1-2H3. The number of nitrogens with zero attached hydrogens (tertiary/aromatic N) is 3. The Morgan fingerprint density at radius 1 is 0.870 bits per heavy atom. The van der Waals surface area contributed by atoms with Crippen molar-refractivity contribution in [2.75, 3.05) is 28.2 Å². The summed E-state index contributed by atoms with van der Waals surface area (Å²) in [7, 11) is 8.34. The van der Waals surface area contributed by atoms with E-state index >= 15 is 0 Å². The molecule has 0 aromatic rings. The van der Waals surface area contributed by atoms with Gasteiger partial charge in [0.15, 0.2) is 0 Å². The number of hydrogen-bond acceptors (Lipinski definition) is 4. The molecule has 2 aliphatic rings.